The van der Waals surface area contributed by atoms with Gasteiger partial charge in [-0.1, -0.05) is 30.2 Å². The molecule has 0 radical (unpaired) electrons. The lowest BCUT2D eigenvalue weighted by Gasteiger charge is -2.29. The summed E-state index contributed by atoms with van der Waals surface area (Å²) < 4.78 is 12.4. The molecule has 2 aliphatic heterocycles. The van der Waals surface area contributed by atoms with Crippen LogP contribution in [0.25, 0.3) is 21.7 Å². The Morgan fingerprint density at radius 2 is 2.06 bits per heavy atom. The van der Waals surface area contributed by atoms with Gasteiger partial charge in [0, 0.05) is 24.8 Å². The molecule has 5 heterocycles. The summed E-state index contributed by atoms with van der Waals surface area (Å²) in [5.74, 6) is -0.938. The van der Waals surface area contributed by atoms with Crippen LogP contribution in [0.15, 0.2) is 34.2 Å². The van der Waals surface area contributed by atoms with Crippen LogP contribution in [0.2, 0.25) is 0 Å². The Morgan fingerprint density at radius 1 is 1.21 bits per heavy atom. The molecule has 5 atom stereocenters. The molecule has 3 aromatic rings. The van der Waals surface area contributed by atoms with Gasteiger partial charge in [0.25, 0.3) is 0 Å². The Hall–Kier alpha value is -4.33. The smallest absolute Gasteiger partial charge is 0.330 e. The Morgan fingerprint density at radius 3 is 2.83 bits per heavy atom. The number of carboxylic acids is 1. The van der Waals surface area contributed by atoms with Crippen LogP contribution in [0, 0.1) is 18.8 Å². The number of thiophene rings is 1. The molecular weight excluding hydrogens is 624 g/mol. The number of allylic oxidation sites excluding steroid dienone is 1. The summed E-state index contributed by atoms with van der Waals surface area (Å²) in [7, 11) is 0. The summed E-state index contributed by atoms with van der Waals surface area (Å²) in [6, 6.07) is 1.77. The van der Waals surface area contributed by atoms with Gasteiger partial charge in [-0.2, -0.15) is 4.98 Å². The zero-order chi connectivity index (χ0) is 32.7. The molecular formula is C33H38N6O7S. The number of aromatic nitrogens is 3. The standard InChI is InChI=1S/C33H38N6O7S/c1-18-13-24(38-46-18)28-35-22-11-12-47-27(22)30(36-28)45-21-15-25-29(41)37-33(32(43)44)16-20(33)7-5-3-2-4-6-8-23(31(42)39(25)17-21)34-26(40)14-19-9-10-19/h5,7,11-13,19-21,23,25H,2-4,6,8-10,14-17H2,1H3,(H,34,40)(H,37,41)(H,43,44)/b7-5+/t20-,21-,23+,25+,33-/m1/s1. The van der Waals surface area contributed by atoms with Crippen molar-refractivity contribution in [1.82, 2.24) is 30.7 Å². The zero-order valence-electron chi connectivity index (χ0n) is 26.1. The molecule has 7 rings (SSSR count). The van der Waals surface area contributed by atoms with Crippen molar-refractivity contribution < 1.29 is 33.5 Å². The highest BCUT2D eigenvalue weighted by Crippen LogP contribution is 2.45. The van der Waals surface area contributed by atoms with E-state index in [1.165, 1.54) is 16.2 Å². The normalized spacial score (nSPS) is 28.8. The second-order valence-corrected chi connectivity index (χ2v) is 14.1. The average molecular weight is 663 g/mol. The molecule has 0 spiro atoms. The van der Waals surface area contributed by atoms with Crippen molar-refractivity contribution in [2.24, 2.45) is 11.8 Å². The van der Waals surface area contributed by atoms with E-state index in [1.54, 1.807) is 13.0 Å². The molecule has 0 aromatic carbocycles. The van der Waals surface area contributed by atoms with E-state index in [2.05, 4.69) is 25.8 Å². The van der Waals surface area contributed by atoms with Crippen molar-refractivity contribution in [2.75, 3.05) is 6.54 Å². The molecule has 248 valence electrons. The number of nitrogens with zero attached hydrogens (tertiary/aromatic N) is 4. The highest BCUT2D eigenvalue weighted by molar-refractivity contribution is 7.17. The predicted molar refractivity (Wildman–Crippen MR) is 170 cm³/mol. The molecule has 47 heavy (non-hydrogen) atoms. The van der Waals surface area contributed by atoms with E-state index >= 15 is 0 Å². The minimum absolute atomic E-state index is 0.0601. The fourth-order valence-electron chi connectivity index (χ4n) is 6.65. The number of aliphatic carboxylic acids is 1. The number of rotatable bonds is 7. The molecule has 0 unspecified atom stereocenters. The molecule has 4 aliphatic rings. The average Bonchev–Trinajstić information content (AvgIpc) is 3.76. The molecule has 13 nitrogen and oxygen atoms in total. The molecule has 0 bridgehead atoms. The van der Waals surface area contributed by atoms with Crippen LogP contribution in [-0.2, 0) is 19.2 Å². The molecule has 3 fully saturated rings. The van der Waals surface area contributed by atoms with Gasteiger partial charge in [-0.25, -0.2) is 9.78 Å². The fraction of sp³-hybridized carbons (Fsp3) is 0.545. The minimum atomic E-state index is -1.42. The van der Waals surface area contributed by atoms with E-state index < -0.39 is 35.6 Å². The first-order chi connectivity index (χ1) is 22.7. The SMILES string of the molecule is Cc1cc(-c2nc(O[C@@H]3C[C@H]4C(=O)N[C@]5(C(=O)O)C[C@H]5/C=C/CCCCC[C@H](NC(=O)CC5CC5)C(=O)N4C3)c3sccc3n2)no1. The fourth-order valence-corrected chi connectivity index (χ4v) is 7.41. The number of carboxylic acid groups (broad SMARTS) is 1. The van der Waals surface area contributed by atoms with E-state index in [-0.39, 0.29) is 37.1 Å². The number of nitrogens with one attached hydrogen (secondary N) is 2. The van der Waals surface area contributed by atoms with Gasteiger partial charge in [0.15, 0.2) is 11.5 Å². The maximum Gasteiger partial charge on any atom is 0.330 e. The van der Waals surface area contributed by atoms with Crippen LogP contribution >= 0.6 is 11.3 Å². The van der Waals surface area contributed by atoms with Crippen molar-refractivity contribution in [1.29, 1.82) is 0 Å². The summed E-state index contributed by atoms with van der Waals surface area (Å²) in [6.07, 6.45) is 9.70. The molecule has 14 heteroatoms. The lowest BCUT2D eigenvalue weighted by Crippen LogP contribution is -2.56. The quantitative estimate of drug-likeness (QED) is 0.316. The molecule has 3 amide bonds. The van der Waals surface area contributed by atoms with Crippen LogP contribution in [0.5, 0.6) is 5.88 Å². The molecule has 3 N–H and O–H groups in total. The number of ether oxygens (including phenoxy) is 1. The van der Waals surface area contributed by atoms with Gasteiger partial charge in [-0.15, -0.1) is 11.3 Å². The maximum absolute atomic E-state index is 14.3. The monoisotopic (exact) mass is 662 g/mol. The number of hydrogen-bond donors (Lipinski definition) is 3. The number of carbonyl (C=O) groups excluding carboxylic acids is 3. The lowest BCUT2D eigenvalue weighted by atomic mass is 10.0. The van der Waals surface area contributed by atoms with Crippen LogP contribution in [0.4, 0.5) is 0 Å². The Balaban J connectivity index is 1.18. The summed E-state index contributed by atoms with van der Waals surface area (Å²) >= 11 is 1.41. The van der Waals surface area contributed by atoms with E-state index in [1.807, 2.05) is 23.6 Å². The van der Waals surface area contributed by atoms with Crippen molar-refractivity contribution in [3.63, 3.8) is 0 Å². The third kappa shape index (κ3) is 6.60. The third-order valence-electron chi connectivity index (χ3n) is 9.54. The number of fused-ring (bicyclic) bond motifs is 3. The highest BCUT2D eigenvalue weighted by Gasteiger charge is 2.61. The van der Waals surface area contributed by atoms with Crippen LogP contribution < -0.4 is 15.4 Å². The van der Waals surface area contributed by atoms with Gasteiger partial charge < -0.3 is 29.9 Å². The van der Waals surface area contributed by atoms with E-state index in [9.17, 15) is 24.3 Å². The Labute approximate surface area is 275 Å². The number of hydrogen-bond acceptors (Lipinski definition) is 10. The number of carbonyl (C=O) groups is 4. The Bertz CT molecular complexity index is 1730. The van der Waals surface area contributed by atoms with Crippen molar-refractivity contribution >= 4 is 45.2 Å². The van der Waals surface area contributed by atoms with Gasteiger partial charge in [0.1, 0.15) is 34.2 Å². The minimum Gasteiger partial charge on any atom is -0.479 e. The lowest BCUT2D eigenvalue weighted by molar-refractivity contribution is -0.146. The molecule has 2 saturated carbocycles. The van der Waals surface area contributed by atoms with E-state index in [0.29, 0.717) is 52.1 Å². The van der Waals surface area contributed by atoms with E-state index in [4.69, 9.17) is 9.26 Å². The molecule has 2 aliphatic carbocycles. The maximum atomic E-state index is 14.3. The summed E-state index contributed by atoms with van der Waals surface area (Å²) in [5, 5.41) is 21.8. The van der Waals surface area contributed by atoms with Crippen LogP contribution in [-0.4, -0.2) is 79.1 Å². The second-order valence-electron chi connectivity index (χ2n) is 13.2. The second kappa shape index (κ2) is 12.7. The predicted octanol–water partition coefficient (Wildman–Crippen LogP) is 3.77. The third-order valence-corrected chi connectivity index (χ3v) is 10.4. The zero-order valence-corrected chi connectivity index (χ0v) is 27.0. The van der Waals surface area contributed by atoms with Gasteiger partial charge in [0.2, 0.25) is 23.6 Å². The number of amides is 3. The number of aryl methyl sites for hydroxylation is 1. The summed E-state index contributed by atoms with van der Waals surface area (Å²) in [6.45, 7) is 1.83. The van der Waals surface area contributed by atoms with Gasteiger partial charge >= 0.3 is 5.97 Å². The van der Waals surface area contributed by atoms with Crippen LogP contribution in [0.1, 0.15) is 70.0 Å². The van der Waals surface area contributed by atoms with Crippen molar-refractivity contribution in [3.8, 4) is 17.4 Å². The van der Waals surface area contributed by atoms with Gasteiger partial charge in [-0.05, 0) is 62.8 Å². The van der Waals surface area contributed by atoms with Crippen molar-refractivity contribution in [3.05, 3.63) is 35.4 Å². The molecule has 1 saturated heterocycles. The van der Waals surface area contributed by atoms with Crippen LogP contribution in [0.3, 0.4) is 0 Å². The summed E-state index contributed by atoms with van der Waals surface area (Å²) in [5.41, 5.74) is -0.308. The van der Waals surface area contributed by atoms with Gasteiger partial charge in [-0.3, -0.25) is 14.4 Å². The highest BCUT2D eigenvalue weighted by atomic mass is 32.1. The topological polar surface area (TPSA) is 177 Å². The first-order valence-electron chi connectivity index (χ1n) is 16.4. The largest absolute Gasteiger partial charge is 0.479 e. The van der Waals surface area contributed by atoms with E-state index in [0.717, 1.165) is 38.5 Å². The van der Waals surface area contributed by atoms with Crippen molar-refractivity contribution in [2.45, 2.75) is 94.9 Å². The molecule has 3 aromatic heterocycles. The first-order valence-corrected chi connectivity index (χ1v) is 17.3. The summed E-state index contributed by atoms with van der Waals surface area (Å²) in [4.78, 5) is 64.2. The first kappa shape index (κ1) is 31.3. The van der Waals surface area contributed by atoms with Gasteiger partial charge in [0.05, 0.1) is 12.1 Å². The Kier molecular flexibility index (Phi) is 8.45.